The number of amides is 2. The van der Waals surface area contributed by atoms with Crippen LogP contribution in [0.2, 0.25) is 0 Å². The van der Waals surface area contributed by atoms with E-state index in [0.717, 1.165) is 6.42 Å². The van der Waals surface area contributed by atoms with Crippen LogP contribution >= 0.6 is 0 Å². The lowest BCUT2D eigenvalue weighted by atomic mass is 10.2. The van der Waals surface area contributed by atoms with E-state index in [1.54, 1.807) is 0 Å². The monoisotopic (exact) mass is 174 g/mol. The highest BCUT2D eigenvalue weighted by Crippen LogP contribution is 2.21. The van der Waals surface area contributed by atoms with Crippen molar-refractivity contribution in [2.75, 3.05) is 6.54 Å². The summed E-state index contributed by atoms with van der Waals surface area (Å²) >= 11 is 0. The minimum absolute atomic E-state index is 0.0338. The smallest absolute Gasteiger partial charge is 0.314 e. The number of urea groups is 1. The summed E-state index contributed by atoms with van der Waals surface area (Å²) in [6, 6.07) is -0.150. The molecule has 12 heavy (non-hydrogen) atoms. The van der Waals surface area contributed by atoms with E-state index >= 15 is 0 Å². The van der Waals surface area contributed by atoms with Crippen LogP contribution in [0.5, 0.6) is 0 Å². The molecule has 0 aromatic rings. The Balaban J connectivity index is 2.18. The molecule has 1 saturated carbocycles. The van der Waals surface area contributed by atoms with Crippen molar-refractivity contribution in [1.29, 1.82) is 0 Å². The molecule has 70 valence electrons. The van der Waals surface area contributed by atoms with Crippen molar-refractivity contribution in [2.24, 2.45) is 0 Å². The van der Waals surface area contributed by atoms with E-state index in [0.29, 0.717) is 19.4 Å². The molecule has 1 aliphatic carbocycles. The molecule has 0 aliphatic heterocycles. The molecule has 2 amide bonds. The second-order valence-electron chi connectivity index (χ2n) is 3.11. The average molecular weight is 174 g/mol. The Labute approximate surface area is 71.7 Å². The number of nitrogens with one attached hydrogen (secondary N) is 2. The first-order valence-corrected chi connectivity index (χ1v) is 4.40. The van der Waals surface area contributed by atoms with E-state index in [1.165, 1.54) is 0 Å². The van der Waals surface area contributed by atoms with E-state index in [-0.39, 0.29) is 12.1 Å². The Kier molecular flexibility index (Phi) is 3.31. The minimum Gasteiger partial charge on any atom is -0.338 e. The summed E-state index contributed by atoms with van der Waals surface area (Å²) in [5.74, 6) is 0. The molecule has 0 heterocycles. The molecule has 1 aliphatic rings. The highest BCUT2D eigenvalue weighted by atomic mass is 19.1. The predicted molar refractivity (Wildman–Crippen MR) is 44.7 cm³/mol. The lowest BCUT2D eigenvalue weighted by molar-refractivity contribution is 0.237. The summed E-state index contributed by atoms with van der Waals surface area (Å²) in [5, 5.41) is 5.33. The van der Waals surface area contributed by atoms with E-state index in [9.17, 15) is 9.18 Å². The van der Waals surface area contributed by atoms with Crippen molar-refractivity contribution in [2.45, 2.75) is 38.4 Å². The number of alkyl halides is 1. The van der Waals surface area contributed by atoms with E-state index in [1.807, 2.05) is 6.92 Å². The first-order chi connectivity index (χ1) is 5.72. The third-order valence-corrected chi connectivity index (χ3v) is 2.04. The first kappa shape index (κ1) is 9.29. The highest BCUT2D eigenvalue weighted by molar-refractivity contribution is 5.74. The molecule has 1 fully saturated rings. The SMILES string of the molecule is CCNC(=O)NC1CCC(F)C1. The van der Waals surface area contributed by atoms with Crippen LogP contribution in [-0.2, 0) is 0 Å². The zero-order valence-electron chi connectivity index (χ0n) is 7.27. The Morgan fingerprint density at radius 3 is 2.83 bits per heavy atom. The van der Waals surface area contributed by atoms with Crippen LogP contribution in [0.15, 0.2) is 0 Å². The molecule has 0 radical (unpaired) electrons. The van der Waals surface area contributed by atoms with Crippen LogP contribution < -0.4 is 10.6 Å². The van der Waals surface area contributed by atoms with Gasteiger partial charge < -0.3 is 10.6 Å². The fraction of sp³-hybridized carbons (Fsp3) is 0.875. The Bertz CT molecular complexity index is 163. The summed E-state index contributed by atoms with van der Waals surface area (Å²) in [5.41, 5.74) is 0. The van der Waals surface area contributed by atoms with E-state index < -0.39 is 6.17 Å². The van der Waals surface area contributed by atoms with Gasteiger partial charge in [0.25, 0.3) is 0 Å². The van der Waals surface area contributed by atoms with Crippen LogP contribution in [0, 0.1) is 0 Å². The molecule has 0 spiro atoms. The Morgan fingerprint density at radius 2 is 2.33 bits per heavy atom. The van der Waals surface area contributed by atoms with Gasteiger partial charge in [-0.1, -0.05) is 0 Å². The predicted octanol–water partition coefficient (Wildman–Crippen LogP) is 1.20. The number of halogens is 1. The summed E-state index contributed by atoms with van der Waals surface area (Å²) in [6.07, 6.45) is 1.09. The van der Waals surface area contributed by atoms with Gasteiger partial charge in [-0.15, -0.1) is 0 Å². The van der Waals surface area contributed by atoms with Crippen molar-refractivity contribution in [3.63, 3.8) is 0 Å². The van der Waals surface area contributed by atoms with Crippen LogP contribution in [0.4, 0.5) is 9.18 Å². The van der Waals surface area contributed by atoms with Crippen molar-refractivity contribution in [3.05, 3.63) is 0 Å². The maximum Gasteiger partial charge on any atom is 0.314 e. The normalized spacial score (nSPS) is 28.5. The van der Waals surface area contributed by atoms with Gasteiger partial charge in [-0.25, -0.2) is 9.18 Å². The maximum atomic E-state index is 12.6. The van der Waals surface area contributed by atoms with Gasteiger partial charge in [0.1, 0.15) is 6.17 Å². The fourth-order valence-corrected chi connectivity index (χ4v) is 1.45. The highest BCUT2D eigenvalue weighted by Gasteiger charge is 2.24. The molecule has 0 aromatic heterocycles. The Morgan fingerprint density at radius 1 is 1.58 bits per heavy atom. The summed E-state index contributed by atoms with van der Waals surface area (Å²) in [6.45, 7) is 2.46. The summed E-state index contributed by atoms with van der Waals surface area (Å²) in [4.78, 5) is 11.0. The fourth-order valence-electron chi connectivity index (χ4n) is 1.45. The van der Waals surface area contributed by atoms with Crippen molar-refractivity contribution < 1.29 is 9.18 Å². The lowest BCUT2D eigenvalue weighted by Gasteiger charge is -2.11. The molecule has 2 unspecified atom stereocenters. The molecule has 1 rings (SSSR count). The molecule has 2 N–H and O–H groups in total. The quantitative estimate of drug-likeness (QED) is 0.648. The van der Waals surface area contributed by atoms with Gasteiger partial charge in [0.2, 0.25) is 0 Å². The number of carbonyl (C=O) groups is 1. The van der Waals surface area contributed by atoms with Crippen LogP contribution in [0.1, 0.15) is 26.2 Å². The van der Waals surface area contributed by atoms with Gasteiger partial charge in [-0.2, -0.15) is 0 Å². The van der Waals surface area contributed by atoms with Gasteiger partial charge >= 0.3 is 6.03 Å². The molecule has 4 heteroatoms. The van der Waals surface area contributed by atoms with Gasteiger partial charge in [0, 0.05) is 12.6 Å². The van der Waals surface area contributed by atoms with E-state index in [4.69, 9.17) is 0 Å². The van der Waals surface area contributed by atoms with Crippen molar-refractivity contribution in [3.8, 4) is 0 Å². The molecule has 3 nitrogen and oxygen atoms in total. The van der Waals surface area contributed by atoms with Crippen molar-refractivity contribution >= 4 is 6.03 Å². The molecular weight excluding hydrogens is 159 g/mol. The summed E-state index contributed by atoms with van der Waals surface area (Å²) in [7, 11) is 0. The molecule has 0 bridgehead atoms. The van der Waals surface area contributed by atoms with E-state index in [2.05, 4.69) is 10.6 Å². The number of rotatable bonds is 2. The second-order valence-corrected chi connectivity index (χ2v) is 3.11. The standard InChI is InChI=1S/C8H15FN2O/c1-2-10-8(12)11-7-4-3-6(9)5-7/h6-7H,2-5H2,1H3,(H2,10,11,12). The zero-order valence-corrected chi connectivity index (χ0v) is 7.27. The lowest BCUT2D eigenvalue weighted by Crippen LogP contribution is -2.40. The number of hydrogen-bond acceptors (Lipinski definition) is 1. The van der Waals surface area contributed by atoms with Gasteiger partial charge in [0.05, 0.1) is 0 Å². The van der Waals surface area contributed by atoms with Gasteiger partial charge in [-0.05, 0) is 26.2 Å². The maximum absolute atomic E-state index is 12.6. The molecular formula is C8H15FN2O. The van der Waals surface area contributed by atoms with Gasteiger partial charge in [-0.3, -0.25) is 0 Å². The average Bonchev–Trinajstić information content (AvgIpc) is 2.36. The van der Waals surface area contributed by atoms with Crippen LogP contribution in [0.3, 0.4) is 0 Å². The minimum atomic E-state index is -0.725. The zero-order chi connectivity index (χ0) is 8.97. The third-order valence-electron chi connectivity index (χ3n) is 2.04. The van der Waals surface area contributed by atoms with Crippen LogP contribution in [-0.4, -0.2) is 24.8 Å². The number of hydrogen-bond donors (Lipinski definition) is 2. The molecule has 0 aromatic carbocycles. The molecule has 2 atom stereocenters. The first-order valence-electron chi connectivity index (χ1n) is 4.40. The largest absolute Gasteiger partial charge is 0.338 e. The second kappa shape index (κ2) is 4.28. The third kappa shape index (κ3) is 2.68. The number of carbonyl (C=O) groups excluding carboxylic acids is 1. The Hall–Kier alpha value is -0.800. The van der Waals surface area contributed by atoms with Crippen LogP contribution in [0.25, 0.3) is 0 Å². The van der Waals surface area contributed by atoms with Gasteiger partial charge in [0.15, 0.2) is 0 Å². The van der Waals surface area contributed by atoms with Crippen molar-refractivity contribution in [1.82, 2.24) is 10.6 Å². The summed E-state index contributed by atoms with van der Waals surface area (Å²) < 4.78 is 12.6. The molecule has 0 saturated heterocycles. The topological polar surface area (TPSA) is 41.1 Å².